The highest BCUT2D eigenvalue weighted by molar-refractivity contribution is 5.97. The molecule has 2 aromatic carbocycles. The highest BCUT2D eigenvalue weighted by Crippen LogP contribution is 2.20. The Morgan fingerprint density at radius 3 is 2.20 bits per heavy atom. The summed E-state index contributed by atoms with van der Waals surface area (Å²) in [5.74, 6) is 0.293. The first-order valence-electron chi connectivity index (χ1n) is 8.35. The number of hydrogen-bond donors (Lipinski definition) is 2. The highest BCUT2D eigenvalue weighted by atomic mass is 16.5. The van der Waals surface area contributed by atoms with E-state index >= 15 is 0 Å². The van der Waals surface area contributed by atoms with Gasteiger partial charge in [-0.3, -0.25) is 9.59 Å². The Bertz CT molecular complexity index is 699. The SMILES string of the molecule is CCC(NC(=O)C(C)NC(=O)c1ccccc1)c1ccc(OC)cc1. The van der Waals surface area contributed by atoms with Crippen LogP contribution in [-0.4, -0.2) is 25.0 Å². The van der Waals surface area contributed by atoms with E-state index in [-0.39, 0.29) is 17.9 Å². The fraction of sp³-hybridized carbons (Fsp3) is 0.300. The quantitative estimate of drug-likeness (QED) is 0.814. The van der Waals surface area contributed by atoms with Gasteiger partial charge >= 0.3 is 0 Å². The van der Waals surface area contributed by atoms with Gasteiger partial charge < -0.3 is 15.4 Å². The summed E-state index contributed by atoms with van der Waals surface area (Å²) < 4.78 is 5.15. The topological polar surface area (TPSA) is 67.4 Å². The number of benzene rings is 2. The van der Waals surface area contributed by atoms with E-state index in [9.17, 15) is 9.59 Å². The molecule has 2 atom stereocenters. The summed E-state index contributed by atoms with van der Waals surface area (Å²) >= 11 is 0. The van der Waals surface area contributed by atoms with E-state index in [2.05, 4.69) is 10.6 Å². The van der Waals surface area contributed by atoms with Gasteiger partial charge in [0, 0.05) is 5.56 Å². The van der Waals surface area contributed by atoms with Crippen molar-refractivity contribution in [2.24, 2.45) is 0 Å². The molecule has 132 valence electrons. The standard InChI is InChI=1S/C20H24N2O3/c1-4-18(15-10-12-17(25-3)13-11-15)22-19(23)14(2)21-20(24)16-8-6-5-7-9-16/h5-14,18H,4H2,1-3H3,(H,21,24)(H,22,23). The lowest BCUT2D eigenvalue weighted by Crippen LogP contribution is -2.45. The first-order valence-corrected chi connectivity index (χ1v) is 8.35. The molecule has 0 aliphatic carbocycles. The van der Waals surface area contributed by atoms with Crippen LogP contribution in [0.4, 0.5) is 0 Å². The van der Waals surface area contributed by atoms with Crippen LogP contribution in [0.15, 0.2) is 54.6 Å². The summed E-state index contributed by atoms with van der Waals surface area (Å²) in [7, 11) is 1.62. The molecule has 0 radical (unpaired) electrons. The molecule has 25 heavy (non-hydrogen) atoms. The normalized spacial score (nSPS) is 12.8. The van der Waals surface area contributed by atoms with Crippen molar-refractivity contribution in [1.82, 2.24) is 10.6 Å². The molecule has 2 unspecified atom stereocenters. The van der Waals surface area contributed by atoms with Crippen LogP contribution in [0.1, 0.15) is 42.2 Å². The lowest BCUT2D eigenvalue weighted by atomic mass is 10.0. The van der Waals surface area contributed by atoms with Crippen LogP contribution >= 0.6 is 0 Å². The van der Waals surface area contributed by atoms with Gasteiger partial charge in [0.15, 0.2) is 0 Å². The van der Waals surface area contributed by atoms with Crippen molar-refractivity contribution < 1.29 is 14.3 Å². The minimum Gasteiger partial charge on any atom is -0.497 e. The lowest BCUT2D eigenvalue weighted by Gasteiger charge is -2.21. The third kappa shape index (κ3) is 5.08. The predicted octanol–water partition coefficient (Wildman–Crippen LogP) is 3.08. The zero-order chi connectivity index (χ0) is 18.2. The average molecular weight is 340 g/mol. The fourth-order valence-corrected chi connectivity index (χ4v) is 2.49. The van der Waals surface area contributed by atoms with Crippen LogP contribution in [0, 0.1) is 0 Å². The van der Waals surface area contributed by atoms with E-state index in [4.69, 9.17) is 4.74 Å². The Labute approximate surface area is 148 Å². The molecule has 2 aromatic rings. The maximum absolute atomic E-state index is 12.4. The molecule has 0 saturated heterocycles. The zero-order valence-corrected chi connectivity index (χ0v) is 14.8. The van der Waals surface area contributed by atoms with E-state index in [0.717, 1.165) is 17.7 Å². The number of carbonyl (C=O) groups excluding carboxylic acids is 2. The van der Waals surface area contributed by atoms with Crippen molar-refractivity contribution in [2.45, 2.75) is 32.4 Å². The molecule has 0 aliphatic heterocycles. The van der Waals surface area contributed by atoms with Crippen LogP contribution in [0.25, 0.3) is 0 Å². The van der Waals surface area contributed by atoms with Gasteiger partial charge in [0.1, 0.15) is 11.8 Å². The first-order chi connectivity index (χ1) is 12.0. The van der Waals surface area contributed by atoms with Crippen LogP contribution in [0.3, 0.4) is 0 Å². The molecule has 0 aliphatic rings. The second kappa shape index (κ2) is 8.87. The van der Waals surface area contributed by atoms with Crippen molar-refractivity contribution in [3.8, 4) is 5.75 Å². The van der Waals surface area contributed by atoms with E-state index in [1.165, 1.54) is 0 Å². The molecule has 2 N–H and O–H groups in total. The number of methoxy groups -OCH3 is 1. The summed E-state index contributed by atoms with van der Waals surface area (Å²) in [6.45, 7) is 3.68. The second-order valence-corrected chi connectivity index (χ2v) is 5.80. The van der Waals surface area contributed by atoms with Crippen LogP contribution in [-0.2, 0) is 4.79 Å². The lowest BCUT2D eigenvalue weighted by molar-refractivity contribution is -0.123. The molecule has 0 fully saturated rings. The summed E-state index contributed by atoms with van der Waals surface area (Å²) in [6.07, 6.45) is 0.747. The molecule has 5 heteroatoms. The molecule has 5 nitrogen and oxygen atoms in total. The Balaban J connectivity index is 1.97. The highest BCUT2D eigenvalue weighted by Gasteiger charge is 2.20. The first kappa shape index (κ1) is 18.5. The molecule has 0 bridgehead atoms. The van der Waals surface area contributed by atoms with Crippen LogP contribution in [0.5, 0.6) is 5.75 Å². The molecular weight excluding hydrogens is 316 g/mol. The van der Waals surface area contributed by atoms with E-state index in [1.54, 1.807) is 38.3 Å². The zero-order valence-electron chi connectivity index (χ0n) is 14.8. The Kier molecular flexibility index (Phi) is 6.57. The van der Waals surface area contributed by atoms with Crippen molar-refractivity contribution in [1.29, 1.82) is 0 Å². The summed E-state index contributed by atoms with van der Waals surface area (Å²) in [6, 6.07) is 15.7. The minimum absolute atomic E-state index is 0.116. The third-order valence-corrected chi connectivity index (χ3v) is 4.02. The Morgan fingerprint density at radius 1 is 1.00 bits per heavy atom. The number of amides is 2. The molecule has 0 spiro atoms. The molecule has 2 rings (SSSR count). The predicted molar refractivity (Wildman–Crippen MR) is 97.5 cm³/mol. The Hall–Kier alpha value is -2.82. The molecule has 0 aromatic heterocycles. The van der Waals surface area contributed by atoms with E-state index in [1.807, 2.05) is 37.3 Å². The average Bonchev–Trinajstić information content (AvgIpc) is 2.66. The number of carbonyl (C=O) groups is 2. The maximum Gasteiger partial charge on any atom is 0.251 e. The Morgan fingerprint density at radius 2 is 1.64 bits per heavy atom. The van der Waals surface area contributed by atoms with Gasteiger partial charge in [-0.15, -0.1) is 0 Å². The number of ether oxygens (including phenoxy) is 1. The van der Waals surface area contributed by atoms with Crippen molar-refractivity contribution in [3.05, 3.63) is 65.7 Å². The monoisotopic (exact) mass is 340 g/mol. The van der Waals surface area contributed by atoms with Gasteiger partial charge in [-0.2, -0.15) is 0 Å². The van der Waals surface area contributed by atoms with Gasteiger partial charge in [0.05, 0.1) is 13.2 Å². The fourth-order valence-electron chi connectivity index (χ4n) is 2.49. The largest absolute Gasteiger partial charge is 0.497 e. The second-order valence-electron chi connectivity index (χ2n) is 5.80. The molecular formula is C20H24N2O3. The van der Waals surface area contributed by atoms with Crippen LogP contribution < -0.4 is 15.4 Å². The van der Waals surface area contributed by atoms with Crippen molar-refractivity contribution >= 4 is 11.8 Å². The van der Waals surface area contributed by atoms with E-state index in [0.29, 0.717) is 5.56 Å². The summed E-state index contributed by atoms with van der Waals surface area (Å²) in [4.78, 5) is 24.6. The van der Waals surface area contributed by atoms with Gasteiger partial charge in [-0.25, -0.2) is 0 Å². The number of rotatable bonds is 7. The van der Waals surface area contributed by atoms with Gasteiger partial charge in [0.2, 0.25) is 5.91 Å². The molecule has 0 heterocycles. The van der Waals surface area contributed by atoms with Gasteiger partial charge in [-0.05, 0) is 43.2 Å². The molecule has 0 saturated carbocycles. The summed E-state index contributed by atoms with van der Waals surface area (Å²) in [5.41, 5.74) is 1.53. The third-order valence-electron chi connectivity index (χ3n) is 4.02. The minimum atomic E-state index is -0.625. The maximum atomic E-state index is 12.4. The van der Waals surface area contributed by atoms with E-state index < -0.39 is 6.04 Å². The van der Waals surface area contributed by atoms with Gasteiger partial charge in [0.25, 0.3) is 5.91 Å². The van der Waals surface area contributed by atoms with Crippen molar-refractivity contribution in [2.75, 3.05) is 7.11 Å². The number of nitrogens with one attached hydrogen (secondary N) is 2. The number of hydrogen-bond acceptors (Lipinski definition) is 3. The smallest absolute Gasteiger partial charge is 0.251 e. The summed E-state index contributed by atoms with van der Waals surface area (Å²) in [5, 5.41) is 5.71. The van der Waals surface area contributed by atoms with Crippen LogP contribution in [0.2, 0.25) is 0 Å². The molecule has 2 amide bonds. The van der Waals surface area contributed by atoms with Crippen molar-refractivity contribution in [3.63, 3.8) is 0 Å². The van der Waals surface area contributed by atoms with Gasteiger partial charge in [-0.1, -0.05) is 37.3 Å².